The predicted molar refractivity (Wildman–Crippen MR) is 84.0 cm³/mol. The van der Waals surface area contributed by atoms with Crippen molar-refractivity contribution in [2.75, 3.05) is 32.8 Å². The van der Waals surface area contributed by atoms with Crippen molar-refractivity contribution in [1.29, 1.82) is 0 Å². The molecule has 0 bridgehead atoms. The molecule has 1 unspecified atom stereocenters. The molecule has 21 heavy (non-hydrogen) atoms. The molecule has 0 saturated carbocycles. The highest BCUT2D eigenvalue weighted by atomic mass is 16.5. The molecule has 1 heterocycles. The van der Waals surface area contributed by atoms with Crippen molar-refractivity contribution in [3.05, 3.63) is 30.1 Å². The second-order valence-electron chi connectivity index (χ2n) is 5.04. The quantitative estimate of drug-likeness (QED) is 0.704. The van der Waals surface area contributed by atoms with Crippen molar-refractivity contribution in [2.45, 2.75) is 33.2 Å². The first-order valence-electron chi connectivity index (χ1n) is 7.63. The molecule has 0 spiro atoms. The van der Waals surface area contributed by atoms with Crippen LogP contribution in [-0.4, -0.2) is 48.6 Å². The fourth-order valence-corrected chi connectivity index (χ4v) is 2.23. The first-order valence-corrected chi connectivity index (χ1v) is 7.63. The first kappa shape index (κ1) is 17.6. The number of esters is 1. The highest BCUT2D eigenvalue weighted by molar-refractivity contribution is 5.82. The van der Waals surface area contributed by atoms with Crippen LogP contribution in [0.15, 0.2) is 24.5 Å². The molecule has 0 fully saturated rings. The molecule has 1 rings (SSSR count). The van der Waals surface area contributed by atoms with Crippen LogP contribution >= 0.6 is 0 Å². The molecule has 1 aromatic heterocycles. The predicted octanol–water partition coefficient (Wildman–Crippen LogP) is 1.79. The maximum absolute atomic E-state index is 12.4. The van der Waals surface area contributed by atoms with Gasteiger partial charge in [-0.05, 0) is 33.0 Å². The Morgan fingerprint density at radius 1 is 1.38 bits per heavy atom. The van der Waals surface area contributed by atoms with E-state index in [9.17, 15) is 4.79 Å². The summed E-state index contributed by atoms with van der Waals surface area (Å²) < 4.78 is 5.23. The van der Waals surface area contributed by atoms with Gasteiger partial charge in [-0.1, -0.05) is 19.9 Å². The highest BCUT2D eigenvalue weighted by Crippen LogP contribution is 2.21. The van der Waals surface area contributed by atoms with E-state index in [4.69, 9.17) is 4.74 Å². The van der Waals surface area contributed by atoms with Crippen molar-refractivity contribution in [1.82, 2.24) is 15.2 Å². The molecule has 0 saturated heterocycles. The van der Waals surface area contributed by atoms with Crippen molar-refractivity contribution < 1.29 is 9.53 Å². The Morgan fingerprint density at radius 3 is 2.62 bits per heavy atom. The zero-order valence-corrected chi connectivity index (χ0v) is 13.6. The average Bonchev–Trinajstić information content (AvgIpc) is 2.52. The third-order valence-electron chi connectivity index (χ3n) is 3.72. The van der Waals surface area contributed by atoms with Crippen molar-refractivity contribution in [2.24, 2.45) is 0 Å². The molecule has 5 heteroatoms. The minimum atomic E-state index is -0.864. The average molecular weight is 293 g/mol. The van der Waals surface area contributed by atoms with Gasteiger partial charge in [0.15, 0.2) is 0 Å². The molecule has 0 aromatic carbocycles. The van der Waals surface area contributed by atoms with Crippen LogP contribution in [0.25, 0.3) is 0 Å². The van der Waals surface area contributed by atoms with Crippen LogP contribution in [-0.2, 0) is 15.1 Å². The number of ether oxygens (including phenoxy) is 1. The summed E-state index contributed by atoms with van der Waals surface area (Å²) in [5, 5.41) is 3.34. The Balaban J connectivity index is 2.81. The van der Waals surface area contributed by atoms with E-state index < -0.39 is 5.54 Å². The summed E-state index contributed by atoms with van der Waals surface area (Å²) in [6.45, 7) is 11.9. The summed E-state index contributed by atoms with van der Waals surface area (Å²) >= 11 is 0. The van der Waals surface area contributed by atoms with E-state index >= 15 is 0 Å². The molecule has 1 N–H and O–H groups in total. The normalized spacial score (nSPS) is 14.0. The summed E-state index contributed by atoms with van der Waals surface area (Å²) in [4.78, 5) is 18.8. The molecule has 118 valence electrons. The number of rotatable bonds is 9. The summed E-state index contributed by atoms with van der Waals surface area (Å²) in [7, 11) is 0. The molecule has 0 aliphatic carbocycles. The van der Waals surface area contributed by atoms with Crippen molar-refractivity contribution in [3.63, 3.8) is 0 Å². The van der Waals surface area contributed by atoms with Crippen LogP contribution in [0.1, 0.15) is 33.3 Å². The van der Waals surface area contributed by atoms with Gasteiger partial charge in [-0.25, -0.2) is 4.79 Å². The minimum Gasteiger partial charge on any atom is -0.464 e. The van der Waals surface area contributed by atoms with E-state index in [1.54, 1.807) is 12.4 Å². The van der Waals surface area contributed by atoms with Gasteiger partial charge in [0.2, 0.25) is 0 Å². The molecule has 0 radical (unpaired) electrons. The number of nitrogens with zero attached hydrogens (tertiary/aromatic N) is 2. The Morgan fingerprint density at radius 2 is 2.10 bits per heavy atom. The van der Waals surface area contributed by atoms with E-state index in [0.29, 0.717) is 13.2 Å². The van der Waals surface area contributed by atoms with Gasteiger partial charge in [0.05, 0.1) is 6.61 Å². The van der Waals surface area contributed by atoms with Crippen molar-refractivity contribution >= 4 is 5.97 Å². The van der Waals surface area contributed by atoms with Gasteiger partial charge in [0.25, 0.3) is 0 Å². The van der Waals surface area contributed by atoms with Gasteiger partial charge in [-0.2, -0.15) is 0 Å². The maximum Gasteiger partial charge on any atom is 0.330 e. The maximum atomic E-state index is 12.4. The molecule has 5 nitrogen and oxygen atoms in total. The Hall–Kier alpha value is -1.46. The van der Waals surface area contributed by atoms with Crippen LogP contribution in [0.3, 0.4) is 0 Å². The lowest BCUT2D eigenvalue weighted by atomic mass is 9.93. The second kappa shape index (κ2) is 8.74. The number of nitrogens with one attached hydrogen (secondary N) is 1. The number of carbonyl (C=O) groups excluding carboxylic acids is 1. The van der Waals surface area contributed by atoms with E-state index in [1.165, 1.54) is 0 Å². The smallest absolute Gasteiger partial charge is 0.330 e. The SMILES string of the molecule is CCOC(=O)C(C)(NCCN(CC)CC)c1cccnc1. The minimum absolute atomic E-state index is 0.266. The van der Waals surface area contributed by atoms with Crippen LogP contribution in [0.5, 0.6) is 0 Å². The summed E-state index contributed by atoms with van der Waals surface area (Å²) in [6, 6.07) is 3.73. The van der Waals surface area contributed by atoms with Gasteiger partial charge >= 0.3 is 5.97 Å². The molecule has 1 atom stereocenters. The number of likely N-dealkylation sites (N-methyl/N-ethyl adjacent to an activating group) is 1. The summed E-state index contributed by atoms with van der Waals surface area (Å²) in [6.07, 6.45) is 3.41. The lowest BCUT2D eigenvalue weighted by Gasteiger charge is -2.30. The zero-order valence-electron chi connectivity index (χ0n) is 13.6. The van der Waals surface area contributed by atoms with Crippen LogP contribution in [0.2, 0.25) is 0 Å². The summed E-state index contributed by atoms with van der Waals surface area (Å²) in [5.41, 5.74) is -0.0414. The zero-order chi connectivity index (χ0) is 15.7. The molecule has 0 aliphatic heterocycles. The monoisotopic (exact) mass is 293 g/mol. The topological polar surface area (TPSA) is 54.5 Å². The Labute approximate surface area is 127 Å². The fraction of sp³-hybridized carbons (Fsp3) is 0.625. The first-order chi connectivity index (χ1) is 10.1. The van der Waals surface area contributed by atoms with Crippen LogP contribution in [0.4, 0.5) is 0 Å². The Kier molecular flexibility index (Phi) is 7.32. The fourth-order valence-electron chi connectivity index (χ4n) is 2.23. The third kappa shape index (κ3) is 4.79. The number of carbonyl (C=O) groups is 1. The van der Waals surface area contributed by atoms with Gasteiger partial charge in [0.1, 0.15) is 5.54 Å². The van der Waals surface area contributed by atoms with E-state index in [-0.39, 0.29) is 5.97 Å². The second-order valence-corrected chi connectivity index (χ2v) is 5.04. The number of hydrogen-bond donors (Lipinski definition) is 1. The third-order valence-corrected chi connectivity index (χ3v) is 3.72. The molecular weight excluding hydrogens is 266 g/mol. The molecule has 0 aliphatic rings. The number of hydrogen-bond acceptors (Lipinski definition) is 5. The number of aromatic nitrogens is 1. The Bertz CT molecular complexity index is 421. The van der Waals surface area contributed by atoms with Gasteiger partial charge < -0.3 is 9.64 Å². The summed E-state index contributed by atoms with van der Waals surface area (Å²) in [5.74, 6) is -0.266. The molecular formula is C16H27N3O2. The largest absolute Gasteiger partial charge is 0.464 e. The van der Waals surface area contributed by atoms with Gasteiger partial charge in [0, 0.05) is 31.0 Å². The van der Waals surface area contributed by atoms with E-state index in [1.807, 2.05) is 26.0 Å². The van der Waals surface area contributed by atoms with Crippen LogP contribution < -0.4 is 5.32 Å². The van der Waals surface area contributed by atoms with Crippen LogP contribution in [0, 0.1) is 0 Å². The highest BCUT2D eigenvalue weighted by Gasteiger charge is 2.36. The lowest BCUT2D eigenvalue weighted by molar-refractivity contribution is -0.151. The standard InChI is InChI=1S/C16H27N3O2/c1-5-19(6-2)12-11-18-16(4,15(20)21-7-3)14-9-8-10-17-13-14/h8-10,13,18H,5-7,11-12H2,1-4H3. The lowest BCUT2D eigenvalue weighted by Crippen LogP contribution is -2.50. The van der Waals surface area contributed by atoms with Crippen molar-refractivity contribution in [3.8, 4) is 0 Å². The van der Waals surface area contributed by atoms with E-state index in [2.05, 4.69) is 29.0 Å². The molecule has 0 amide bonds. The van der Waals surface area contributed by atoms with Gasteiger partial charge in [-0.15, -0.1) is 0 Å². The van der Waals surface area contributed by atoms with Gasteiger partial charge in [-0.3, -0.25) is 10.3 Å². The molecule has 1 aromatic rings. The number of pyridine rings is 1. The van der Waals surface area contributed by atoms with E-state index in [0.717, 1.165) is 25.2 Å².